The van der Waals surface area contributed by atoms with Crippen molar-refractivity contribution in [2.24, 2.45) is 5.92 Å². The minimum atomic E-state index is -0.772. The Morgan fingerprint density at radius 3 is 2.50 bits per heavy atom. The zero-order chi connectivity index (χ0) is 10.7. The van der Waals surface area contributed by atoms with Crippen LogP contribution in [0.1, 0.15) is 19.3 Å². The number of nitrogens with zero attached hydrogens (tertiary/aromatic N) is 1. The average molecular weight is 201 g/mol. The van der Waals surface area contributed by atoms with E-state index >= 15 is 0 Å². The van der Waals surface area contributed by atoms with Gasteiger partial charge in [0, 0.05) is 13.1 Å². The van der Waals surface area contributed by atoms with E-state index in [0.29, 0.717) is 12.8 Å². The molecule has 0 aromatic rings. The fourth-order valence-corrected chi connectivity index (χ4v) is 1.83. The molecule has 14 heavy (non-hydrogen) atoms. The molecule has 0 aliphatic heterocycles. The van der Waals surface area contributed by atoms with Crippen LogP contribution in [0.3, 0.4) is 0 Å². The number of rotatable bonds is 2. The van der Waals surface area contributed by atoms with E-state index in [4.69, 9.17) is 5.11 Å². The van der Waals surface area contributed by atoms with Gasteiger partial charge in [-0.05, 0) is 19.3 Å². The van der Waals surface area contributed by atoms with Crippen LogP contribution in [0.15, 0.2) is 0 Å². The number of carboxylic acid groups (broad SMARTS) is 1. The van der Waals surface area contributed by atoms with E-state index in [-0.39, 0.29) is 12.0 Å². The molecule has 0 aromatic carbocycles. The second kappa shape index (κ2) is 4.30. The van der Waals surface area contributed by atoms with Gasteiger partial charge in [-0.2, -0.15) is 0 Å². The van der Waals surface area contributed by atoms with Gasteiger partial charge in [0.05, 0.1) is 13.0 Å². The minimum Gasteiger partial charge on any atom is -0.481 e. The number of aliphatic carboxylic acids is 1. The average Bonchev–Trinajstić information content (AvgIpc) is 2.64. The summed E-state index contributed by atoms with van der Waals surface area (Å²) in [6, 6.07) is 0.00329. The zero-order valence-corrected chi connectivity index (χ0v) is 8.40. The Labute approximate surface area is 82.6 Å². The molecule has 0 heterocycles. The molecule has 1 fully saturated rings. The van der Waals surface area contributed by atoms with Crippen molar-refractivity contribution in [3.05, 3.63) is 0 Å². The summed E-state index contributed by atoms with van der Waals surface area (Å²) < 4.78 is 4.56. The van der Waals surface area contributed by atoms with Gasteiger partial charge in [-0.1, -0.05) is 0 Å². The Kier molecular flexibility index (Phi) is 3.33. The number of ether oxygens (including phenoxy) is 1. The van der Waals surface area contributed by atoms with E-state index in [1.54, 1.807) is 7.05 Å². The molecule has 0 saturated heterocycles. The maximum atomic E-state index is 11.1. The van der Waals surface area contributed by atoms with Crippen molar-refractivity contribution < 1.29 is 19.4 Å². The summed E-state index contributed by atoms with van der Waals surface area (Å²) in [5.41, 5.74) is 0. The van der Waals surface area contributed by atoms with Gasteiger partial charge in [0.2, 0.25) is 0 Å². The molecule has 5 heteroatoms. The second-order valence-electron chi connectivity index (χ2n) is 3.58. The fourth-order valence-electron chi connectivity index (χ4n) is 1.83. The Bertz CT molecular complexity index is 241. The first-order chi connectivity index (χ1) is 6.56. The summed E-state index contributed by atoms with van der Waals surface area (Å²) in [7, 11) is 2.96. The van der Waals surface area contributed by atoms with Crippen LogP contribution < -0.4 is 0 Å². The van der Waals surface area contributed by atoms with Crippen LogP contribution in [0.2, 0.25) is 0 Å². The summed E-state index contributed by atoms with van der Waals surface area (Å²) in [6.45, 7) is 0. The van der Waals surface area contributed by atoms with Gasteiger partial charge in [0.25, 0.3) is 0 Å². The molecule has 80 valence electrons. The van der Waals surface area contributed by atoms with Crippen LogP contribution in [-0.2, 0) is 9.53 Å². The molecule has 1 rings (SSSR count). The van der Waals surface area contributed by atoms with Crippen LogP contribution >= 0.6 is 0 Å². The summed E-state index contributed by atoms with van der Waals surface area (Å²) in [4.78, 5) is 23.3. The van der Waals surface area contributed by atoms with Crippen molar-refractivity contribution in [1.82, 2.24) is 4.90 Å². The highest BCUT2D eigenvalue weighted by Crippen LogP contribution is 2.29. The molecule has 2 unspecified atom stereocenters. The lowest BCUT2D eigenvalue weighted by Gasteiger charge is -2.22. The lowest BCUT2D eigenvalue weighted by atomic mass is 10.1. The molecule has 0 spiro atoms. The number of carbonyl (C=O) groups excluding carboxylic acids is 1. The molecule has 1 amide bonds. The normalized spacial score (nSPS) is 25.9. The van der Waals surface area contributed by atoms with Gasteiger partial charge in [-0.25, -0.2) is 4.79 Å². The number of amides is 1. The Morgan fingerprint density at radius 2 is 2.07 bits per heavy atom. The third-order valence-electron chi connectivity index (χ3n) is 2.76. The second-order valence-corrected chi connectivity index (χ2v) is 3.58. The zero-order valence-electron chi connectivity index (χ0n) is 8.40. The predicted octanol–water partition coefficient (Wildman–Crippen LogP) is 0.938. The molecular formula is C9H15NO4. The first kappa shape index (κ1) is 10.8. The highest BCUT2D eigenvalue weighted by atomic mass is 16.5. The van der Waals surface area contributed by atoms with Crippen LogP contribution in [0.5, 0.6) is 0 Å². The summed E-state index contributed by atoms with van der Waals surface area (Å²) in [5, 5.41) is 8.77. The molecular weight excluding hydrogens is 186 g/mol. The number of carbonyl (C=O) groups is 2. The first-order valence-corrected chi connectivity index (χ1v) is 4.59. The van der Waals surface area contributed by atoms with E-state index in [2.05, 4.69) is 4.74 Å². The molecule has 2 atom stereocenters. The topological polar surface area (TPSA) is 66.8 Å². The highest BCUT2D eigenvalue weighted by Gasteiger charge is 2.33. The maximum absolute atomic E-state index is 11.1. The lowest BCUT2D eigenvalue weighted by Crippen LogP contribution is -2.35. The predicted molar refractivity (Wildman–Crippen MR) is 48.9 cm³/mol. The van der Waals surface area contributed by atoms with E-state index in [1.165, 1.54) is 12.0 Å². The largest absolute Gasteiger partial charge is 0.481 e. The van der Waals surface area contributed by atoms with E-state index in [0.717, 1.165) is 6.42 Å². The van der Waals surface area contributed by atoms with Crippen LogP contribution in [0.4, 0.5) is 4.79 Å². The molecule has 1 aliphatic rings. The van der Waals surface area contributed by atoms with Crippen molar-refractivity contribution in [2.75, 3.05) is 14.2 Å². The summed E-state index contributed by atoms with van der Waals surface area (Å²) in [5.74, 6) is -1.09. The Balaban J connectivity index is 2.49. The molecule has 1 aliphatic carbocycles. The summed E-state index contributed by atoms with van der Waals surface area (Å²) in [6.07, 6.45) is 1.51. The molecule has 0 aromatic heterocycles. The van der Waals surface area contributed by atoms with Crippen LogP contribution in [0.25, 0.3) is 0 Å². The molecule has 0 bridgehead atoms. The molecule has 0 radical (unpaired) electrons. The fraction of sp³-hybridized carbons (Fsp3) is 0.778. The highest BCUT2D eigenvalue weighted by molar-refractivity contribution is 5.71. The smallest absolute Gasteiger partial charge is 0.409 e. The SMILES string of the molecule is COC(=O)N(C)C1CCC(C(=O)O)C1. The van der Waals surface area contributed by atoms with E-state index in [1.807, 2.05) is 0 Å². The standard InChI is InChI=1S/C9H15NO4/c1-10(9(13)14-2)7-4-3-6(5-7)8(11)12/h6-7H,3-5H2,1-2H3,(H,11,12). The van der Waals surface area contributed by atoms with Crippen molar-refractivity contribution in [2.45, 2.75) is 25.3 Å². The van der Waals surface area contributed by atoms with Gasteiger partial charge in [-0.15, -0.1) is 0 Å². The third kappa shape index (κ3) is 2.16. The van der Waals surface area contributed by atoms with Gasteiger partial charge in [0.15, 0.2) is 0 Å². The van der Waals surface area contributed by atoms with Crippen molar-refractivity contribution in [3.8, 4) is 0 Å². The molecule has 1 N–H and O–H groups in total. The van der Waals surface area contributed by atoms with Gasteiger partial charge in [0.1, 0.15) is 0 Å². The summed E-state index contributed by atoms with van der Waals surface area (Å²) >= 11 is 0. The lowest BCUT2D eigenvalue weighted by molar-refractivity contribution is -0.141. The quantitative estimate of drug-likeness (QED) is 0.722. The number of methoxy groups -OCH3 is 1. The van der Waals surface area contributed by atoms with Crippen LogP contribution in [-0.4, -0.2) is 42.3 Å². The maximum Gasteiger partial charge on any atom is 0.409 e. The molecule has 5 nitrogen and oxygen atoms in total. The number of carboxylic acids is 1. The number of hydrogen-bond donors (Lipinski definition) is 1. The van der Waals surface area contributed by atoms with Crippen molar-refractivity contribution >= 4 is 12.1 Å². The van der Waals surface area contributed by atoms with Crippen molar-refractivity contribution in [1.29, 1.82) is 0 Å². The van der Waals surface area contributed by atoms with Crippen LogP contribution in [0, 0.1) is 5.92 Å². The minimum absolute atomic E-state index is 0.00329. The van der Waals surface area contributed by atoms with Gasteiger partial charge in [-0.3, -0.25) is 4.79 Å². The van der Waals surface area contributed by atoms with E-state index < -0.39 is 12.1 Å². The third-order valence-corrected chi connectivity index (χ3v) is 2.76. The Hall–Kier alpha value is -1.26. The Morgan fingerprint density at radius 1 is 1.43 bits per heavy atom. The van der Waals surface area contributed by atoms with E-state index in [9.17, 15) is 9.59 Å². The molecule has 1 saturated carbocycles. The number of hydrogen-bond acceptors (Lipinski definition) is 3. The van der Waals surface area contributed by atoms with Crippen molar-refractivity contribution in [3.63, 3.8) is 0 Å². The van der Waals surface area contributed by atoms with Gasteiger partial charge < -0.3 is 14.7 Å². The first-order valence-electron chi connectivity index (χ1n) is 4.59. The van der Waals surface area contributed by atoms with Gasteiger partial charge >= 0.3 is 12.1 Å². The monoisotopic (exact) mass is 201 g/mol.